The third-order valence-electron chi connectivity index (χ3n) is 4.11. The van der Waals surface area contributed by atoms with Gasteiger partial charge in [-0.25, -0.2) is 4.79 Å². The van der Waals surface area contributed by atoms with Crippen LogP contribution in [0.3, 0.4) is 0 Å². The van der Waals surface area contributed by atoms with Crippen LogP contribution >= 0.6 is 0 Å². The fourth-order valence-electron chi connectivity index (χ4n) is 3.21. The number of benzene rings is 1. The van der Waals surface area contributed by atoms with Crippen molar-refractivity contribution >= 4 is 11.7 Å². The highest BCUT2D eigenvalue weighted by molar-refractivity contribution is 5.85. The van der Waals surface area contributed by atoms with Gasteiger partial charge in [-0.1, -0.05) is 19.4 Å². The molecule has 0 aliphatic carbocycles. The Labute approximate surface area is 119 Å². The van der Waals surface area contributed by atoms with Crippen molar-refractivity contribution in [2.75, 3.05) is 11.4 Å². The number of carboxylic acids is 1. The number of hydrogen-bond acceptors (Lipinski definition) is 3. The fourth-order valence-corrected chi connectivity index (χ4v) is 3.21. The molecule has 1 aromatic carbocycles. The first-order chi connectivity index (χ1) is 9.55. The summed E-state index contributed by atoms with van der Waals surface area (Å²) in [6.07, 6.45) is 2.93. The highest BCUT2D eigenvalue weighted by Crippen LogP contribution is 2.39. The Morgan fingerprint density at radius 3 is 2.90 bits per heavy atom. The summed E-state index contributed by atoms with van der Waals surface area (Å²) in [5.74, 6) is -0.777. The zero-order valence-electron chi connectivity index (χ0n) is 12.0. The van der Waals surface area contributed by atoms with Crippen LogP contribution in [-0.4, -0.2) is 23.2 Å². The SMILES string of the molecule is CCCC1(C(=O)O)CCCN1c1ccc(C)cc1C#N. The molecule has 4 heteroatoms. The Kier molecular flexibility index (Phi) is 3.99. The summed E-state index contributed by atoms with van der Waals surface area (Å²) in [7, 11) is 0. The summed E-state index contributed by atoms with van der Waals surface area (Å²) in [5.41, 5.74) is 1.48. The molecule has 1 aliphatic rings. The summed E-state index contributed by atoms with van der Waals surface area (Å²) in [5, 5.41) is 19.0. The van der Waals surface area contributed by atoms with Gasteiger partial charge in [-0.2, -0.15) is 5.26 Å². The molecule has 1 unspecified atom stereocenters. The Hall–Kier alpha value is -2.02. The molecule has 1 aliphatic heterocycles. The molecule has 1 fully saturated rings. The van der Waals surface area contributed by atoms with Crippen LogP contribution in [0, 0.1) is 18.3 Å². The second-order valence-corrected chi connectivity index (χ2v) is 5.47. The minimum absolute atomic E-state index is 0.564. The largest absolute Gasteiger partial charge is 0.479 e. The van der Waals surface area contributed by atoms with E-state index >= 15 is 0 Å². The topological polar surface area (TPSA) is 64.3 Å². The van der Waals surface area contributed by atoms with Crippen LogP contribution in [0.1, 0.15) is 43.7 Å². The van der Waals surface area contributed by atoms with Crippen LogP contribution in [0.4, 0.5) is 5.69 Å². The average molecular weight is 272 g/mol. The van der Waals surface area contributed by atoms with Crippen LogP contribution < -0.4 is 4.90 Å². The fraction of sp³-hybridized carbons (Fsp3) is 0.500. The molecule has 0 radical (unpaired) electrons. The molecule has 4 nitrogen and oxygen atoms in total. The van der Waals surface area contributed by atoms with Gasteiger partial charge in [-0.15, -0.1) is 0 Å². The predicted molar refractivity (Wildman–Crippen MR) is 77.7 cm³/mol. The van der Waals surface area contributed by atoms with Gasteiger partial charge in [-0.05, 0) is 43.9 Å². The van der Waals surface area contributed by atoms with Crippen molar-refractivity contribution in [2.24, 2.45) is 0 Å². The summed E-state index contributed by atoms with van der Waals surface area (Å²) in [6, 6.07) is 7.84. The number of rotatable bonds is 4. The summed E-state index contributed by atoms with van der Waals surface area (Å²) in [6.45, 7) is 4.64. The van der Waals surface area contributed by atoms with Crippen molar-refractivity contribution in [3.05, 3.63) is 29.3 Å². The maximum absolute atomic E-state index is 11.8. The van der Waals surface area contributed by atoms with E-state index in [1.165, 1.54) is 0 Å². The Morgan fingerprint density at radius 1 is 1.55 bits per heavy atom. The van der Waals surface area contributed by atoms with Crippen LogP contribution in [0.15, 0.2) is 18.2 Å². The number of aryl methyl sites for hydroxylation is 1. The second kappa shape index (κ2) is 5.54. The van der Waals surface area contributed by atoms with Crippen molar-refractivity contribution in [2.45, 2.75) is 45.1 Å². The lowest BCUT2D eigenvalue weighted by Gasteiger charge is -2.37. The molecule has 0 aromatic heterocycles. The van der Waals surface area contributed by atoms with E-state index < -0.39 is 11.5 Å². The van der Waals surface area contributed by atoms with E-state index in [-0.39, 0.29) is 0 Å². The molecule has 1 saturated heterocycles. The van der Waals surface area contributed by atoms with Gasteiger partial charge in [0.25, 0.3) is 0 Å². The maximum atomic E-state index is 11.8. The first kappa shape index (κ1) is 14.4. The third-order valence-corrected chi connectivity index (χ3v) is 4.11. The van der Waals surface area contributed by atoms with Gasteiger partial charge in [0.05, 0.1) is 11.3 Å². The molecule has 0 amide bonds. The van der Waals surface area contributed by atoms with E-state index in [4.69, 9.17) is 0 Å². The molecule has 1 aromatic rings. The number of carbonyl (C=O) groups is 1. The molecule has 1 atom stereocenters. The molecule has 106 valence electrons. The van der Waals surface area contributed by atoms with Crippen LogP contribution in [0.25, 0.3) is 0 Å². The minimum Gasteiger partial charge on any atom is -0.479 e. The third kappa shape index (κ3) is 2.24. The maximum Gasteiger partial charge on any atom is 0.329 e. The quantitative estimate of drug-likeness (QED) is 0.914. The minimum atomic E-state index is -0.852. The van der Waals surface area contributed by atoms with Gasteiger partial charge in [0.15, 0.2) is 0 Å². The molecule has 0 spiro atoms. The number of nitrogens with zero attached hydrogens (tertiary/aromatic N) is 2. The van der Waals surface area contributed by atoms with Crippen LogP contribution in [0.2, 0.25) is 0 Å². The lowest BCUT2D eigenvalue weighted by atomic mass is 9.90. The van der Waals surface area contributed by atoms with Gasteiger partial charge in [-0.3, -0.25) is 0 Å². The zero-order chi connectivity index (χ0) is 14.8. The van der Waals surface area contributed by atoms with E-state index in [1.54, 1.807) is 0 Å². The van der Waals surface area contributed by atoms with Gasteiger partial charge < -0.3 is 10.0 Å². The first-order valence-corrected chi connectivity index (χ1v) is 7.07. The molecule has 0 saturated carbocycles. The summed E-state index contributed by atoms with van der Waals surface area (Å²) >= 11 is 0. The van der Waals surface area contributed by atoms with E-state index in [1.807, 2.05) is 36.9 Å². The predicted octanol–water partition coefficient (Wildman–Crippen LogP) is 3.09. The Bertz CT molecular complexity index is 562. The van der Waals surface area contributed by atoms with Crippen LogP contribution in [0.5, 0.6) is 0 Å². The molecule has 1 heterocycles. The van der Waals surface area contributed by atoms with Gasteiger partial charge in [0.1, 0.15) is 11.6 Å². The van der Waals surface area contributed by atoms with Crippen molar-refractivity contribution in [1.29, 1.82) is 5.26 Å². The van der Waals surface area contributed by atoms with E-state index in [0.29, 0.717) is 24.9 Å². The summed E-state index contributed by atoms with van der Waals surface area (Å²) in [4.78, 5) is 13.8. The number of nitriles is 1. The zero-order valence-corrected chi connectivity index (χ0v) is 12.0. The Morgan fingerprint density at radius 2 is 2.30 bits per heavy atom. The van der Waals surface area contributed by atoms with E-state index in [0.717, 1.165) is 24.1 Å². The lowest BCUT2D eigenvalue weighted by Crippen LogP contribution is -2.51. The molecule has 20 heavy (non-hydrogen) atoms. The summed E-state index contributed by atoms with van der Waals surface area (Å²) < 4.78 is 0. The van der Waals surface area contributed by atoms with Crippen molar-refractivity contribution in [3.8, 4) is 6.07 Å². The molecule has 1 N–H and O–H groups in total. The highest BCUT2D eigenvalue weighted by Gasteiger charge is 2.47. The van der Waals surface area contributed by atoms with E-state index in [2.05, 4.69) is 6.07 Å². The number of aliphatic carboxylic acids is 1. The Balaban J connectivity index is 2.50. The molecule has 0 bridgehead atoms. The van der Waals surface area contributed by atoms with E-state index in [9.17, 15) is 15.2 Å². The average Bonchev–Trinajstić information content (AvgIpc) is 2.84. The monoisotopic (exact) mass is 272 g/mol. The number of hydrogen-bond donors (Lipinski definition) is 1. The smallest absolute Gasteiger partial charge is 0.329 e. The van der Waals surface area contributed by atoms with Crippen molar-refractivity contribution in [3.63, 3.8) is 0 Å². The lowest BCUT2D eigenvalue weighted by molar-refractivity contribution is -0.143. The van der Waals surface area contributed by atoms with Gasteiger partial charge in [0.2, 0.25) is 0 Å². The van der Waals surface area contributed by atoms with Gasteiger partial charge >= 0.3 is 5.97 Å². The molecular formula is C16H20N2O2. The van der Waals surface area contributed by atoms with Crippen LogP contribution in [-0.2, 0) is 4.79 Å². The first-order valence-electron chi connectivity index (χ1n) is 7.07. The van der Waals surface area contributed by atoms with Crippen molar-refractivity contribution in [1.82, 2.24) is 0 Å². The molecular weight excluding hydrogens is 252 g/mol. The molecule has 2 rings (SSSR count). The number of anilines is 1. The number of carboxylic acid groups (broad SMARTS) is 1. The highest BCUT2D eigenvalue weighted by atomic mass is 16.4. The normalized spacial score (nSPS) is 21.8. The standard InChI is InChI=1S/C16H20N2O2/c1-3-7-16(15(19)20)8-4-9-18(16)14-6-5-12(2)10-13(14)11-17/h5-6,10H,3-4,7-9H2,1-2H3,(H,19,20). The van der Waals surface area contributed by atoms with Gasteiger partial charge in [0, 0.05) is 6.54 Å². The van der Waals surface area contributed by atoms with Crippen molar-refractivity contribution < 1.29 is 9.90 Å². The second-order valence-electron chi connectivity index (χ2n) is 5.47.